The van der Waals surface area contributed by atoms with Crippen LogP contribution in [-0.4, -0.2) is 53.2 Å². The molecular formula is C20H30N2O4. The largest absolute Gasteiger partial charge is 0.480 e. The van der Waals surface area contributed by atoms with Crippen molar-refractivity contribution in [1.82, 2.24) is 10.2 Å². The molecule has 6 heteroatoms. The number of carboxylic acids is 1. The predicted octanol–water partition coefficient (Wildman–Crippen LogP) is 2.52. The number of nitrogens with zero attached hydrogens (tertiary/aromatic N) is 1. The summed E-state index contributed by atoms with van der Waals surface area (Å²) in [7, 11) is 0. The molecule has 1 aromatic rings. The molecule has 0 unspecified atom stereocenters. The summed E-state index contributed by atoms with van der Waals surface area (Å²) in [6, 6.07) is 6.50. The van der Waals surface area contributed by atoms with Crippen LogP contribution in [-0.2, 0) is 16.1 Å². The zero-order chi connectivity index (χ0) is 19.3. The van der Waals surface area contributed by atoms with Crippen molar-refractivity contribution in [2.45, 2.75) is 58.9 Å². The molecular weight excluding hydrogens is 332 g/mol. The highest BCUT2D eigenvalue weighted by atomic mass is 16.5. The maximum Gasteiger partial charge on any atom is 0.326 e. The fourth-order valence-corrected chi connectivity index (χ4v) is 3.34. The average molecular weight is 362 g/mol. The minimum atomic E-state index is -1.00. The molecule has 144 valence electrons. The number of carbonyl (C=O) groups excluding carboxylic acids is 1. The van der Waals surface area contributed by atoms with Gasteiger partial charge in [0.15, 0.2) is 0 Å². The molecule has 2 N–H and O–H groups in total. The Balaban J connectivity index is 1.97. The quantitative estimate of drug-likeness (QED) is 0.779. The highest BCUT2D eigenvalue weighted by Crippen LogP contribution is 2.15. The number of hydrogen-bond donors (Lipinski definition) is 2. The van der Waals surface area contributed by atoms with Gasteiger partial charge >= 0.3 is 5.97 Å². The number of carbonyl (C=O) groups is 2. The first-order valence-electron chi connectivity index (χ1n) is 9.30. The molecule has 2 rings (SSSR count). The Labute approximate surface area is 155 Å². The third kappa shape index (κ3) is 5.54. The minimum absolute atomic E-state index is 0.124. The van der Waals surface area contributed by atoms with Crippen molar-refractivity contribution in [3.05, 3.63) is 35.4 Å². The van der Waals surface area contributed by atoms with Gasteiger partial charge in [0.2, 0.25) is 0 Å². The molecule has 1 aromatic carbocycles. The van der Waals surface area contributed by atoms with Crippen LogP contribution in [0.4, 0.5) is 0 Å². The van der Waals surface area contributed by atoms with Crippen LogP contribution in [0.5, 0.6) is 0 Å². The molecule has 1 heterocycles. The van der Waals surface area contributed by atoms with Crippen molar-refractivity contribution in [3.63, 3.8) is 0 Å². The van der Waals surface area contributed by atoms with Crippen LogP contribution < -0.4 is 5.32 Å². The van der Waals surface area contributed by atoms with Gasteiger partial charge in [-0.15, -0.1) is 0 Å². The van der Waals surface area contributed by atoms with E-state index in [4.69, 9.17) is 4.74 Å². The van der Waals surface area contributed by atoms with Gasteiger partial charge in [0.25, 0.3) is 5.91 Å². The summed E-state index contributed by atoms with van der Waals surface area (Å²) in [5, 5.41) is 11.9. The highest BCUT2D eigenvalue weighted by Gasteiger charge is 2.26. The maximum absolute atomic E-state index is 12.4. The van der Waals surface area contributed by atoms with E-state index in [9.17, 15) is 14.7 Å². The van der Waals surface area contributed by atoms with Gasteiger partial charge in [-0.1, -0.05) is 32.4 Å². The topological polar surface area (TPSA) is 78.9 Å². The molecule has 0 bridgehead atoms. The van der Waals surface area contributed by atoms with E-state index in [1.807, 2.05) is 26.0 Å². The van der Waals surface area contributed by atoms with Crippen LogP contribution >= 0.6 is 0 Å². The summed E-state index contributed by atoms with van der Waals surface area (Å²) in [6.07, 6.45) is 1.13. The number of hydrogen-bond acceptors (Lipinski definition) is 4. The highest BCUT2D eigenvalue weighted by molar-refractivity contribution is 5.96. The Morgan fingerprint density at radius 2 is 1.81 bits per heavy atom. The number of carboxylic acid groups (broad SMARTS) is 1. The molecule has 6 nitrogen and oxygen atoms in total. The van der Waals surface area contributed by atoms with Gasteiger partial charge in [-0.2, -0.15) is 0 Å². The molecule has 0 radical (unpaired) electrons. The van der Waals surface area contributed by atoms with Crippen LogP contribution in [0, 0.1) is 5.92 Å². The number of amides is 1. The summed E-state index contributed by atoms with van der Waals surface area (Å²) in [5.74, 6) is -1.47. The molecule has 4 atom stereocenters. The molecule has 1 fully saturated rings. The van der Waals surface area contributed by atoms with Crippen molar-refractivity contribution < 1.29 is 19.4 Å². The first kappa shape index (κ1) is 20.4. The monoisotopic (exact) mass is 362 g/mol. The van der Waals surface area contributed by atoms with Gasteiger partial charge in [0, 0.05) is 25.2 Å². The van der Waals surface area contributed by atoms with E-state index in [-0.39, 0.29) is 24.0 Å². The Bertz CT molecular complexity index is 607. The standard InChI is InChI=1S/C20H30N2O4/c1-5-13(2)18(20(24)25)21-19(23)17-8-6-16(7-9-17)12-22-10-14(3)26-15(4)11-22/h6-9,13-15,18H,5,10-12H2,1-4H3,(H,21,23)(H,24,25)/t13-,14+,15+,18-/m0/s1. The SMILES string of the molecule is CC[C@H](C)[C@H](NC(=O)c1ccc(CN2C[C@@H](C)O[C@H](C)C2)cc1)C(=O)O. The number of rotatable bonds is 7. The van der Waals surface area contributed by atoms with Crippen molar-refractivity contribution >= 4 is 11.9 Å². The molecule has 1 saturated heterocycles. The molecule has 0 aromatic heterocycles. The predicted molar refractivity (Wildman–Crippen MR) is 100 cm³/mol. The molecule has 1 aliphatic heterocycles. The molecule has 0 spiro atoms. The summed E-state index contributed by atoms with van der Waals surface area (Å²) in [6.45, 7) is 10.5. The van der Waals surface area contributed by atoms with E-state index in [1.54, 1.807) is 12.1 Å². The smallest absolute Gasteiger partial charge is 0.326 e. The molecule has 1 aliphatic rings. The van der Waals surface area contributed by atoms with Crippen LogP contribution in [0.2, 0.25) is 0 Å². The van der Waals surface area contributed by atoms with Crippen LogP contribution in [0.3, 0.4) is 0 Å². The van der Waals surface area contributed by atoms with Crippen molar-refractivity contribution in [1.29, 1.82) is 0 Å². The number of ether oxygens (including phenoxy) is 1. The van der Waals surface area contributed by atoms with Gasteiger partial charge in [0.1, 0.15) is 6.04 Å². The van der Waals surface area contributed by atoms with Crippen LogP contribution in [0.1, 0.15) is 50.0 Å². The average Bonchev–Trinajstić information content (AvgIpc) is 2.58. The van der Waals surface area contributed by atoms with Crippen molar-refractivity contribution in [2.24, 2.45) is 5.92 Å². The van der Waals surface area contributed by atoms with Crippen molar-refractivity contribution in [3.8, 4) is 0 Å². The summed E-state index contributed by atoms with van der Waals surface area (Å²) >= 11 is 0. The second kappa shape index (κ2) is 9.14. The maximum atomic E-state index is 12.4. The van der Waals surface area contributed by atoms with Gasteiger partial charge in [-0.3, -0.25) is 9.69 Å². The lowest BCUT2D eigenvalue weighted by Gasteiger charge is -2.35. The zero-order valence-corrected chi connectivity index (χ0v) is 16.1. The zero-order valence-electron chi connectivity index (χ0n) is 16.1. The van der Waals surface area contributed by atoms with Gasteiger partial charge in [-0.25, -0.2) is 4.79 Å². The van der Waals surface area contributed by atoms with Crippen molar-refractivity contribution in [2.75, 3.05) is 13.1 Å². The molecule has 0 saturated carbocycles. The third-order valence-corrected chi connectivity index (χ3v) is 4.88. The van der Waals surface area contributed by atoms with Crippen LogP contribution in [0.15, 0.2) is 24.3 Å². The first-order valence-corrected chi connectivity index (χ1v) is 9.30. The van der Waals surface area contributed by atoms with E-state index in [0.717, 1.165) is 25.2 Å². The van der Waals surface area contributed by atoms with E-state index in [1.165, 1.54) is 0 Å². The second-order valence-electron chi connectivity index (χ2n) is 7.32. The van der Waals surface area contributed by atoms with Crippen LogP contribution in [0.25, 0.3) is 0 Å². The Morgan fingerprint density at radius 1 is 1.23 bits per heavy atom. The Morgan fingerprint density at radius 3 is 2.31 bits per heavy atom. The van der Waals surface area contributed by atoms with E-state index < -0.39 is 12.0 Å². The summed E-state index contributed by atoms with van der Waals surface area (Å²) in [4.78, 5) is 26.1. The van der Waals surface area contributed by atoms with Gasteiger partial charge in [-0.05, 0) is 37.5 Å². The fraction of sp³-hybridized carbons (Fsp3) is 0.600. The molecule has 0 aliphatic carbocycles. The lowest BCUT2D eigenvalue weighted by atomic mass is 9.99. The number of morpholine rings is 1. The lowest BCUT2D eigenvalue weighted by molar-refractivity contribution is -0.140. The van der Waals surface area contributed by atoms with E-state index >= 15 is 0 Å². The lowest BCUT2D eigenvalue weighted by Crippen LogP contribution is -2.45. The fourth-order valence-electron chi connectivity index (χ4n) is 3.34. The third-order valence-electron chi connectivity index (χ3n) is 4.88. The number of aliphatic carboxylic acids is 1. The van der Waals surface area contributed by atoms with Gasteiger partial charge < -0.3 is 15.2 Å². The normalized spacial score (nSPS) is 23.2. The Kier molecular flexibility index (Phi) is 7.17. The van der Waals surface area contributed by atoms with E-state index in [2.05, 4.69) is 24.1 Å². The molecule has 26 heavy (non-hydrogen) atoms. The minimum Gasteiger partial charge on any atom is -0.480 e. The van der Waals surface area contributed by atoms with E-state index in [0.29, 0.717) is 12.0 Å². The number of benzene rings is 1. The first-order chi connectivity index (χ1) is 12.3. The summed E-state index contributed by atoms with van der Waals surface area (Å²) in [5.41, 5.74) is 1.60. The Hall–Kier alpha value is -1.92. The summed E-state index contributed by atoms with van der Waals surface area (Å²) < 4.78 is 5.75. The van der Waals surface area contributed by atoms with Gasteiger partial charge in [0.05, 0.1) is 12.2 Å². The second-order valence-corrected chi connectivity index (χ2v) is 7.32. The number of nitrogens with one attached hydrogen (secondary N) is 1. The molecule has 1 amide bonds.